The van der Waals surface area contributed by atoms with Crippen LogP contribution in [0.25, 0.3) is 33.9 Å². The molecule has 5 rings (SSSR count). The van der Waals surface area contributed by atoms with E-state index in [1.54, 1.807) is 42.1 Å². The molecule has 5 aromatic rings. The molecule has 0 bridgehead atoms. The summed E-state index contributed by atoms with van der Waals surface area (Å²) in [6, 6.07) is 21.7. The second kappa shape index (κ2) is 7.59. The number of imidazole rings is 1. The molecule has 5 nitrogen and oxygen atoms in total. The Bertz CT molecular complexity index is 1470. The highest BCUT2D eigenvalue weighted by atomic mass is 79.9. The third kappa shape index (κ3) is 3.37. The second-order valence-electron chi connectivity index (χ2n) is 7.14. The van der Waals surface area contributed by atoms with Crippen molar-refractivity contribution in [3.05, 3.63) is 105 Å². The van der Waals surface area contributed by atoms with Gasteiger partial charge in [0.25, 0.3) is 5.56 Å². The number of nitrogens with zero attached hydrogens (tertiary/aromatic N) is 4. The van der Waals surface area contributed by atoms with Gasteiger partial charge in [-0.25, -0.2) is 14.4 Å². The summed E-state index contributed by atoms with van der Waals surface area (Å²) in [6.45, 7) is 1.70. The van der Waals surface area contributed by atoms with Crippen LogP contribution in [0.4, 0.5) is 4.39 Å². The molecule has 0 saturated carbocycles. The van der Waals surface area contributed by atoms with E-state index in [0.29, 0.717) is 28.3 Å². The molecule has 2 aromatic heterocycles. The number of para-hydroxylation sites is 1. The third-order valence-electron chi connectivity index (χ3n) is 5.12. The average molecular weight is 475 g/mol. The molecule has 0 aliphatic heterocycles. The first kappa shape index (κ1) is 19.4. The maximum atomic E-state index is 14.4. The van der Waals surface area contributed by atoms with Gasteiger partial charge < -0.3 is 0 Å². The van der Waals surface area contributed by atoms with Gasteiger partial charge in [-0.1, -0.05) is 46.3 Å². The van der Waals surface area contributed by atoms with Crippen LogP contribution >= 0.6 is 15.9 Å². The van der Waals surface area contributed by atoms with Gasteiger partial charge in [-0.3, -0.25) is 13.9 Å². The summed E-state index contributed by atoms with van der Waals surface area (Å²) in [5, 5.41) is 0. The van der Waals surface area contributed by atoms with Crippen molar-refractivity contribution < 1.29 is 4.39 Å². The first-order chi connectivity index (χ1) is 15.0. The second-order valence-corrected chi connectivity index (χ2v) is 8.05. The molecule has 7 heteroatoms. The Kier molecular flexibility index (Phi) is 4.75. The van der Waals surface area contributed by atoms with E-state index in [0.717, 1.165) is 10.2 Å². The Morgan fingerprint density at radius 1 is 0.935 bits per heavy atom. The standard InChI is InChI=1S/C24H16BrFN4O/c1-15-7-8-16(13-20(15)26)22-28-23-21(27-14-29(23)18-5-3-2-4-6-18)24(31)30(22)19-11-9-17(25)10-12-19/h2-14H,1H3. The summed E-state index contributed by atoms with van der Waals surface area (Å²) in [7, 11) is 0. The van der Waals surface area contributed by atoms with Crippen LogP contribution in [-0.4, -0.2) is 19.1 Å². The monoisotopic (exact) mass is 474 g/mol. The fraction of sp³-hybridized carbons (Fsp3) is 0.0417. The van der Waals surface area contributed by atoms with E-state index in [2.05, 4.69) is 20.9 Å². The van der Waals surface area contributed by atoms with Gasteiger partial charge in [0.1, 0.15) is 18.0 Å². The van der Waals surface area contributed by atoms with Crippen molar-refractivity contribution in [3.8, 4) is 22.8 Å². The summed E-state index contributed by atoms with van der Waals surface area (Å²) >= 11 is 3.42. The molecule has 0 N–H and O–H groups in total. The molecule has 0 amide bonds. The molecule has 0 aliphatic carbocycles. The Hall–Kier alpha value is -3.58. The molecule has 2 heterocycles. The van der Waals surface area contributed by atoms with Crippen LogP contribution in [0.15, 0.2) is 88.4 Å². The van der Waals surface area contributed by atoms with Crippen LogP contribution in [0, 0.1) is 12.7 Å². The van der Waals surface area contributed by atoms with Gasteiger partial charge in [0, 0.05) is 15.7 Å². The van der Waals surface area contributed by atoms with Crippen LogP contribution in [-0.2, 0) is 0 Å². The van der Waals surface area contributed by atoms with Crippen molar-refractivity contribution in [1.82, 2.24) is 19.1 Å². The predicted molar refractivity (Wildman–Crippen MR) is 122 cm³/mol. The van der Waals surface area contributed by atoms with Crippen molar-refractivity contribution in [2.45, 2.75) is 6.92 Å². The highest BCUT2D eigenvalue weighted by Gasteiger charge is 2.19. The number of hydrogen-bond acceptors (Lipinski definition) is 3. The molecule has 31 heavy (non-hydrogen) atoms. The van der Waals surface area contributed by atoms with E-state index in [1.165, 1.54) is 10.6 Å². The molecule has 0 atom stereocenters. The minimum Gasteiger partial charge on any atom is -0.283 e. The molecular weight excluding hydrogens is 459 g/mol. The average Bonchev–Trinajstić information content (AvgIpc) is 3.21. The minimum atomic E-state index is -0.356. The van der Waals surface area contributed by atoms with Crippen LogP contribution in [0.2, 0.25) is 0 Å². The largest absolute Gasteiger partial charge is 0.286 e. The van der Waals surface area contributed by atoms with Gasteiger partial charge in [0.2, 0.25) is 0 Å². The lowest BCUT2D eigenvalue weighted by atomic mass is 10.1. The third-order valence-corrected chi connectivity index (χ3v) is 5.65. The van der Waals surface area contributed by atoms with E-state index in [1.807, 2.05) is 42.5 Å². The van der Waals surface area contributed by atoms with Gasteiger partial charge in [0.15, 0.2) is 11.2 Å². The lowest BCUT2D eigenvalue weighted by molar-refractivity contribution is 0.619. The van der Waals surface area contributed by atoms with Crippen molar-refractivity contribution in [2.75, 3.05) is 0 Å². The smallest absolute Gasteiger partial charge is 0.283 e. The quantitative estimate of drug-likeness (QED) is 0.349. The molecule has 0 fully saturated rings. The highest BCUT2D eigenvalue weighted by Crippen LogP contribution is 2.25. The Labute approximate surface area is 185 Å². The molecule has 3 aromatic carbocycles. The normalized spacial score (nSPS) is 11.2. The van der Waals surface area contributed by atoms with E-state index in [9.17, 15) is 9.18 Å². The van der Waals surface area contributed by atoms with Gasteiger partial charge in [-0.2, -0.15) is 0 Å². The van der Waals surface area contributed by atoms with Gasteiger partial charge >= 0.3 is 0 Å². The lowest BCUT2D eigenvalue weighted by Gasteiger charge is -2.14. The predicted octanol–water partition coefficient (Wildman–Crippen LogP) is 5.45. The zero-order valence-corrected chi connectivity index (χ0v) is 18.0. The van der Waals surface area contributed by atoms with Crippen molar-refractivity contribution >= 4 is 27.1 Å². The summed E-state index contributed by atoms with van der Waals surface area (Å²) in [4.78, 5) is 22.7. The maximum Gasteiger partial charge on any atom is 0.286 e. The first-order valence-electron chi connectivity index (χ1n) is 9.61. The van der Waals surface area contributed by atoms with E-state index in [-0.39, 0.29) is 16.9 Å². The zero-order chi connectivity index (χ0) is 21.5. The molecular formula is C24H16BrFN4O. The van der Waals surface area contributed by atoms with Crippen molar-refractivity contribution in [3.63, 3.8) is 0 Å². The SMILES string of the molecule is Cc1ccc(-c2nc3c(ncn3-c3ccccc3)c(=O)n2-c2ccc(Br)cc2)cc1F. The van der Waals surface area contributed by atoms with Crippen molar-refractivity contribution in [2.24, 2.45) is 0 Å². The number of benzene rings is 3. The summed E-state index contributed by atoms with van der Waals surface area (Å²) < 4.78 is 18.5. The van der Waals surface area contributed by atoms with Gasteiger partial charge in [-0.15, -0.1) is 0 Å². The molecule has 0 unspecified atom stereocenters. The maximum absolute atomic E-state index is 14.4. The zero-order valence-electron chi connectivity index (χ0n) is 16.5. The van der Waals surface area contributed by atoms with Crippen LogP contribution in [0.3, 0.4) is 0 Å². The fourth-order valence-corrected chi connectivity index (χ4v) is 3.75. The summed E-state index contributed by atoms with van der Waals surface area (Å²) in [5.41, 5.74) is 2.82. The molecule has 0 spiro atoms. The van der Waals surface area contributed by atoms with Crippen LogP contribution in [0.1, 0.15) is 5.56 Å². The van der Waals surface area contributed by atoms with Crippen LogP contribution in [0.5, 0.6) is 0 Å². The number of rotatable bonds is 3. The molecule has 152 valence electrons. The van der Waals surface area contributed by atoms with Crippen molar-refractivity contribution in [1.29, 1.82) is 0 Å². The van der Waals surface area contributed by atoms with E-state index < -0.39 is 0 Å². The summed E-state index contributed by atoms with van der Waals surface area (Å²) in [6.07, 6.45) is 1.58. The number of fused-ring (bicyclic) bond motifs is 1. The fourth-order valence-electron chi connectivity index (χ4n) is 3.48. The first-order valence-corrected chi connectivity index (χ1v) is 10.4. The van der Waals surface area contributed by atoms with E-state index >= 15 is 0 Å². The Balaban J connectivity index is 1.86. The summed E-state index contributed by atoms with van der Waals surface area (Å²) in [5.74, 6) is -0.0119. The number of hydrogen-bond donors (Lipinski definition) is 0. The molecule has 0 aliphatic rings. The van der Waals surface area contributed by atoms with Gasteiger partial charge in [-0.05, 0) is 55.0 Å². The van der Waals surface area contributed by atoms with Gasteiger partial charge in [0.05, 0.1) is 5.69 Å². The number of aryl methyl sites for hydroxylation is 1. The molecule has 0 radical (unpaired) electrons. The molecule has 0 saturated heterocycles. The van der Waals surface area contributed by atoms with E-state index in [4.69, 9.17) is 4.98 Å². The number of aromatic nitrogens is 4. The topological polar surface area (TPSA) is 52.7 Å². The van der Waals surface area contributed by atoms with Crippen LogP contribution < -0.4 is 5.56 Å². The highest BCUT2D eigenvalue weighted by molar-refractivity contribution is 9.10. The number of halogens is 2. The Morgan fingerprint density at radius 3 is 2.39 bits per heavy atom. The minimum absolute atomic E-state index is 0.239. The Morgan fingerprint density at radius 2 is 1.68 bits per heavy atom. The lowest BCUT2D eigenvalue weighted by Crippen LogP contribution is -2.22.